The smallest absolute Gasteiger partial charge is 0.418 e. The fraction of sp³-hybridized carbons (Fsp3) is 0.0952. The molecule has 8 nitrogen and oxygen atoms in total. The minimum Gasteiger partial charge on any atom is -0.506 e. The van der Waals surface area contributed by atoms with Crippen LogP contribution in [0.5, 0.6) is 0 Å². The van der Waals surface area contributed by atoms with E-state index in [0.29, 0.717) is 0 Å². The third-order valence-electron chi connectivity index (χ3n) is 4.33. The zero-order valence-corrected chi connectivity index (χ0v) is 19.7. The third-order valence-corrected chi connectivity index (χ3v) is 6.25. The molecule has 178 valence electrons. The number of halogens is 4. The largest absolute Gasteiger partial charge is 0.506 e. The van der Waals surface area contributed by atoms with Crippen LogP contribution in [-0.4, -0.2) is 35.7 Å². The average molecular weight is 557 g/mol. The number of rotatable bonds is 6. The molecule has 0 aliphatic heterocycles. The molecule has 0 fully saturated rings. The van der Waals surface area contributed by atoms with Crippen LogP contribution >= 0.6 is 15.9 Å². The van der Waals surface area contributed by atoms with Gasteiger partial charge in [-0.2, -0.15) is 13.2 Å². The molecule has 13 heteroatoms. The Balaban J connectivity index is 2.20. The predicted molar refractivity (Wildman–Crippen MR) is 122 cm³/mol. The lowest BCUT2D eigenvalue weighted by Crippen LogP contribution is -2.11. The van der Waals surface area contributed by atoms with Gasteiger partial charge in [-0.25, -0.2) is 13.4 Å². The first-order valence-corrected chi connectivity index (χ1v) is 11.9. The molecule has 0 saturated carbocycles. The van der Waals surface area contributed by atoms with Crippen LogP contribution in [0.15, 0.2) is 85.4 Å². The highest BCUT2D eigenvalue weighted by atomic mass is 79.9. The second kappa shape index (κ2) is 9.43. The van der Waals surface area contributed by atoms with Gasteiger partial charge in [-0.3, -0.25) is 0 Å². The molecule has 2 aromatic carbocycles. The van der Waals surface area contributed by atoms with Crippen LogP contribution in [0, 0.1) is 0 Å². The highest BCUT2D eigenvalue weighted by molar-refractivity contribution is 9.12. The minimum atomic E-state index is -4.71. The van der Waals surface area contributed by atoms with E-state index in [1.54, 1.807) is 0 Å². The highest BCUT2D eigenvalue weighted by Gasteiger charge is 2.34. The van der Waals surface area contributed by atoms with E-state index >= 15 is 0 Å². The van der Waals surface area contributed by atoms with Crippen LogP contribution in [0.4, 0.5) is 18.9 Å². The van der Waals surface area contributed by atoms with Gasteiger partial charge in [-0.1, -0.05) is 24.8 Å². The Morgan fingerprint density at radius 3 is 2.47 bits per heavy atom. The number of aliphatic hydroxyl groups excluding tert-OH is 1. The summed E-state index contributed by atoms with van der Waals surface area (Å²) in [4.78, 5) is 4.03. The van der Waals surface area contributed by atoms with Gasteiger partial charge in [0, 0.05) is 11.8 Å². The van der Waals surface area contributed by atoms with Gasteiger partial charge in [0.05, 0.1) is 26.3 Å². The Morgan fingerprint density at radius 2 is 1.85 bits per heavy atom. The first-order valence-electron chi connectivity index (χ1n) is 9.22. The molecule has 0 atom stereocenters. The molecule has 3 aromatic rings. The second-order valence-electron chi connectivity index (χ2n) is 6.86. The zero-order valence-electron chi connectivity index (χ0n) is 17.3. The summed E-state index contributed by atoms with van der Waals surface area (Å²) in [6.07, 6.45) is -3.68. The van der Waals surface area contributed by atoms with E-state index in [9.17, 15) is 26.7 Å². The van der Waals surface area contributed by atoms with Gasteiger partial charge in [-0.15, -0.1) is 10.2 Å². The molecule has 3 N–H and O–H groups in total. The molecule has 3 rings (SSSR count). The fourth-order valence-electron chi connectivity index (χ4n) is 2.67. The molecule has 1 heterocycles. The zero-order chi connectivity index (χ0) is 25.3. The number of nitrogens with zero attached hydrogens (tertiary/aromatic N) is 3. The number of aromatic nitrogens is 2. The molecule has 0 spiro atoms. The number of aliphatic hydroxyl groups is 1. The lowest BCUT2D eigenvalue weighted by molar-refractivity contribution is -0.137. The Bertz CT molecular complexity index is 1430. The van der Waals surface area contributed by atoms with Crippen molar-refractivity contribution in [2.75, 3.05) is 6.26 Å². The Kier molecular flexibility index (Phi) is 6.98. The van der Waals surface area contributed by atoms with Crippen molar-refractivity contribution in [3.8, 4) is 11.5 Å². The van der Waals surface area contributed by atoms with Gasteiger partial charge in [-0.05, 0) is 46.3 Å². The van der Waals surface area contributed by atoms with E-state index in [1.807, 2.05) is 0 Å². The maximum atomic E-state index is 13.5. The molecule has 0 bridgehead atoms. The van der Waals surface area contributed by atoms with Crippen molar-refractivity contribution in [1.29, 1.82) is 0 Å². The molecule has 0 unspecified atom stereocenters. The maximum absolute atomic E-state index is 13.5. The summed E-state index contributed by atoms with van der Waals surface area (Å²) in [7, 11) is -3.53. The van der Waals surface area contributed by atoms with Crippen LogP contribution in [0.2, 0.25) is 0 Å². The minimum absolute atomic E-state index is 0.000328. The second-order valence-corrected chi connectivity index (χ2v) is 9.67. The van der Waals surface area contributed by atoms with Crippen molar-refractivity contribution < 1.29 is 31.1 Å². The molecule has 34 heavy (non-hydrogen) atoms. The van der Waals surface area contributed by atoms with Gasteiger partial charge in [0.15, 0.2) is 9.84 Å². The van der Waals surface area contributed by atoms with E-state index < -0.39 is 33.0 Å². The molecule has 0 radical (unpaired) electrons. The van der Waals surface area contributed by atoms with Crippen molar-refractivity contribution in [3.63, 3.8) is 0 Å². The molecule has 1 aromatic heterocycles. The number of benzene rings is 2. The van der Waals surface area contributed by atoms with Crippen LogP contribution in [0.25, 0.3) is 11.5 Å². The Labute approximate surface area is 200 Å². The summed E-state index contributed by atoms with van der Waals surface area (Å²) in [5.41, 5.74) is 3.88. The fourth-order valence-corrected chi connectivity index (χ4v) is 3.83. The van der Waals surface area contributed by atoms with E-state index in [2.05, 4.69) is 37.7 Å². The van der Waals surface area contributed by atoms with Crippen LogP contribution in [-0.2, 0) is 16.0 Å². The summed E-state index contributed by atoms with van der Waals surface area (Å²) >= 11 is 3.10. The van der Waals surface area contributed by atoms with Crippen molar-refractivity contribution >= 4 is 37.2 Å². The predicted octanol–water partition coefficient (Wildman–Crippen LogP) is 4.92. The van der Waals surface area contributed by atoms with Crippen LogP contribution in [0.1, 0.15) is 11.5 Å². The molecule has 0 aliphatic carbocycles. The van der Waals surface area contributed by atoms with Crippen molar-refractivity contribution in [3.05, 3.63) is 82.5 Å². The molecule has 0 amide bonds. The lowest BCUT2D eigenvalue weighted by atomic mass is 10.1. The van der Waals surface area contributed by atoms with Crippen molar-refractivity contribution in [2.24, 2.45) is 10.7 Å². The molecular formula is C21H16BrF3N4O4S. The number of hydrogen-bond acceptors (Lipinski definition) is 8. The van der Waals surface area contributed by atoms with Crippen molar-refractivity contribution in [1.82, 2.24) is 10.2 Å². The Morgan fingerprint density at radius 1 is 1.18 bits per heavy atom. The number of sulfone groups is 1. The summed E-state index contributed by atoms with van der Waals surface area (Å²) in [5, 5.41) is 17.3. The van der Waals surface area contributed by atoms with Gasteiger partial charge in [0.25, 0.3) is 5.89 Å². The van der Waals surface area contributed by atoms with Gasteiger partial charge in [0.1, 0.15) is 11.5 Å². The number of alkyl halides is 3. The van der Waals surface area contributed by atoms with Gasteiger partial charge >= 0.3 is 6.18 Å². The topological polar surface area (TPSA) is 132 Å². The number of hydrogen-bond donors (Lipinski definition) is 2. The number of aliphatic imine (C=N–C) groups is 1. The van der Waals surface area contributed by atoms with Gasteiger partial charge < -0.3 is 15.3 Å². The van der Waals surface area contributed by atoms with Crippen LogP contribution in [0.3, 0.4) is 0 Å². The number of allylic oxidation sites excluding steroid dienone is 1. The maximum Gasteiger partial charge on any atom is 0.418 e. The quantitative estimate of drug-likeness (QED) is 0.250. The van der Waals surface area contributed by atoms with Crippen molar-refractivity contribution in [2.45, 2.75) is 11.1 Å². The molecular weight excluding hydrogens is 541 g/mol. The van der Waals surface area contributed by atoms with E-state index in [-0.39, 0.29) is 38.1 Å². The third kappa shape index (κ3) is 5.54. The number of nitrogens with two attached hydrogens (primary N) is 1. The monoisotopic (exact) mass is 556 g/mol. The SMILES string of the molecule is C=C(O)C(N)=C(Br)C(=Nc1ccccc1C(F)(F)F)c1nnc(-c2cccc(S(C)(=O)=O)c2)o1. The van der Waals surface area contributed by atoms with Crippen LogP contribution < -0.4 is 5.73 Å². The normalized spacial score (nSPS) is 13.5. The highest BCUT2D eigenvalue weighted by Crippen LogP contribution is 2.37. The molecule has 0 saturated heterocycles. The lowest BCUT2D eigenvalue weighted by Gasteiger charge is -2.11. The summed E-state index contributed by atoms with van der Waals surface area (Å²) in [5.74, 6) is -1.06. The van der Waals surface area contributed by atoms with Gasteiger partial charge in [0.2, 0.25) is 5.89 Å². The number of para-hydroxylation sites is 1. The molecule has 0 aliphatic rings. The van der Waals surface area contributed by atoms with E-state index in [1.165, 1.54) is 36.4 Å². The van der Waals surface area contributed by atoms with E-state index in [0.717, 1.165) is 18.4 Å². The Hall–Kier alpha value is -3.45. The first-order chi connectivity index (χ1) is 15.8. The standard InChI is InChI=1S/C21H16BrF3N4O4S/c1-11(30)17(26)16(22)18(27-15-9-4-3-8-14(15)21(23,24)25)20-29-28-19(33-20)12-6-5-7-13(10-12)34(2,31)32/h3-10,30H,1,26H2,2H3. The summed E-state index contributed by atoms with van der Waals surface area (Å²) in [6.45, 7) is 3.29. The van der Waals surface area contributed by atoms with E-state index in [4.69, 9.17) is 10.2 Å². The summed E-state index contributed by atoms with van der Waals surface area (Å²) < 4.78 is 69.5. The average Bonchev–Trinajstić information content (AvgIpc) is 3.25. The summed E-state index contributed by atoms with van der Waals surface area (Å²) in [6, 6.07) is 10.2. The first kappa shape index (κ1) is 25.2.